The fourth-order valence-corrected chi connectivity index (χ4v) is 3.74. The van der Waals surface area contributed by atoms with Crippen LogP contribution in [0.25, 0.3) is 0 Å². The van der Waals surface area contributed by atoms with Crippen LogP contribution in [0.5, 0.6) is 11.5 Å². The Hall–Kier alpha value is -3.88. The molecule has 3 aromatic rings. The highest BCUT2D eigenvalue weighted by Gasteiger charge is 2.35. The molecular weight excluding hydrogens is 410 g/mol. The summed E-state index contributed by atoms with van der Waals surface area (Å²) in [6, 6.07) is 13.2. The molecule has 4 rings (SSSR count). The molecule has 0 bridgehead atoms. The summed E-state index contributed by atoms with van der Waals surface area (Å²) in [5, 5.41) is 14.9. The molecule has 0 aliphatic carbocycles. The SMILES string of the molecule is CCOc1cc(C2C(C(=O)OC)=C(C)Nc3nnnn32)ccc1OCc1cccc(C)c1. The number of ether oxygens (including phenoxy) is 3. The van der Waals surface area contributed by atoms with Gasteiger partial charge in [0.25, 0.3) is 0 Å². The minimum atomic E-state index is -0.571. The Morgan fingerprint density at radius 1 is 1.12 bits per heavy atom. The highest BCUT2D eigenvalue weighted by molar-refractivity contribution is 5.92. The van der Waals surface area contributed by atoms with E-state index in [-0.39, 0.29) is 0 Å². The molecule has 32 heavy (non-hydrogen) atoms. The van der Waals surface area contributed by atoms with Gasteiger partial charge >= 0.3 is 5.97 Å². The zero-order chi connectivity index (χ0) is 22.7. The molecule has 0 fully saturated rings. The van der Waals surface area contributed by atoms with Gasteiger partial charge in [-0.1, -0.05) is 41.0 Å². The van der Waals surface area contributed by atoms with E-state index in [1.54, 1.807) is 11.6 Å². The number of fused-ring (bicyclic) bond motifs is 1. The largest absolute Gasteiger partial charge is 0.490 e. The molecule has 0 saturated carbocycles. The molecule has 1 N–H and O–H groups in total. The van der Waals surface area contributed by atoms with Crippen LogP contribution < -0.4 is 14.8 Å². The average Bonchev–Trinajstić information content (AvgIpc) is 3.25. The smallest absolute Gasteiger partial charge is 0.338 e. The lowest BCUT2D eigenvalue weighted by atomic mass is 9.95. The maximum atomic E-state index is 12.6. The van der Waals surface area contributed by atoms with E-state index >= 15 is 0 Å². The molecule has 0 saturated heterocycles. The molecule has 0 spiro atoms. The molecule has 1 aliphatic rings. The summed E-state index contributed by atoms with van der Waals surface area (Å²) < 4.78 is 18.5. The quantitative estimate of drug-likeness (QED) is 0.564. The Bertz CT molecular complexity index is 1170. The predicted molar refractivity (Wildman–Crippen MR) is 117 cm³/mol. The van der Waals surface area contributed by atoms with Crippen LogP contribution in [0.1, 0.15) is 36.6 Å². The van der Waals surface area contributed by atoms with Crippen LogP contribution in [-0.2, 0) is 16.1 Å². The van der Waals surface area contributed by atoms with Crippen LogP contribution >= 0.6 is 0 Å². The lowest BCUT2D eigenvalue weighted by molar-refractivity contribution is -0.136. The van der Waals surface area contributed by atoms with Crippen molar-refractivity contribution in [2.45, 2.75) is 33.4 Å². The van der Waals surface area contributed by atoms with Crippen LogP contribution in [0.15, 0.2) is 53.7 Å². The van der Waals surface area contributed by atoms with E-state index in [1.807, 2.05) is 50.2 Å². The molecule has 1 aliphatic heterocycles. The third kappa shape index (κ3) is 4.14. The van der Waals surface area contributed by atoms with Gasteiger partial charge < -0.3 is 19.5 Å². The van der Waals surface area contributed by atoms with E-state index in [0.717, 1.165) is 11.1 Å². The second-order valence-electron chi connectivity index (χ2n) is 7.42. The molecule has 9 nitrogen and oxygen atoms in total. The summed E-state index contributed by atoms with van der Waals surface area (Å²) in [7, 11) is 1.35. The normalized spacial score (nSPS) is 15.1. The number of carbonyl (C=O) groups is 1. The minimum Gasteiger partial charge on any atom is -0.490 e. The fourth-order valence-electron chi connectivity index (χ4n) is 3.74. The van der Waals surface area contributed by atoms with Crippen molar-refractivity contribution >= 4 is 11.9 Å². The van der Waals surface area contributed by atoms with Crippen LogP contribution in [0.2, 0.25) is 0 Å². The summed E-state index contributed by atoms with van der Waals surface area (Å²) >= 11 is 0. The number of anilines is 1. The number of tetrazole rings is 1. The van der Waals surface area contributed by atoms with Crippen LogP contribution in [0.4, 0.5) is 5.95 Å². The number of aromatic nitrogens is 4. The van der Waals surface area contributed by atoms with Gasteiger partial charge in [-0.2, -0.15) is 4.68 Å². The third-order valence-corrected chi connectivity index (χ3v) is 5.18. The number of nitrogens with zero attached hydrogens (tertiary/aromatic N) is 4. The van der Waals surface area contributed by atoms with Gasteiger partial charge in [-0.05, 0) is 54.5 Å². The van der Waals surface area contributed by atoms with E-state index in [0.29, 0.717) is 41.9 Å². The van der Waals surface area contributed by atoms with Crippen molar-refractivity contribution in [1.82, 2.24) is 20.2 Å². The molecule has 2 aromatic carbocycles. The number of nitrogens with one attached hydrogen (secondary N) is 1. The number of esters is 1. The first-order chi connectivity index (χ1) is 15.5. The van der Waals surface area contributed by atoms with Crippen molar-refractivity contribution in [1.29, 1.82) is 0 Å². The Kier molecular flexibility index (Phi) is 6.07. The Morgan fingerprint density at radius 2 is 1.97 bits per heavy atom. The van der Waals surface area contributed by atoms with E-state index in [4.69, 9.17) is 14.2 Å². The third-order valence-electron chi connectivity index (χ3n) is 5.18. The van der Waals surface area contributed by atoms with Crippen molar-refractivity contribution in [3.05, 3.63) is 70.4 Å². The monoisotopic (exact) mass is 435 g/mol. The maximum Gasteiger partial charge on any atom is 0.338 e. The Labute approximate surface area is 186 Å². The summed E-state index contributed by atoms with van der Waals surface area (Å²) in [6.07, 6.45) is 0. The molecular formula is C23H25N5O4. The lowest BCUT2D eigenvalue weighted by Crippen LogP contribution is -2.29. The molecule has 1 unspecified atom stereocenters. The van der Waals surface area contributed by atoms with Crippen molar-refractivity contribution < 1.29 is 19.0 Å². The van der Waals surface area contributed by atoms with Gasteiger partial charge in [0.2, 0.25) is 5.95 Å². The molecule has 9 heteroatoms. The molecule has 166 valence electrons. The summed E-state index contributed by atoms with van der Waals surface area (Å²) in [5.41, 5.74) is 4.06. The predicted octanol–water partition coefficient (Wildman–Crippen LogP) is 3.42. The van der Waals surface area contributed by atoms with Crippen molar-refractivity contribution in [2.75, 3.05) is 19.0 Å². The van der Waals surface area contributed by atoms with Gasteiger partial charge in [0, 0.05) is 5.70 Å². The van der Waals surface area contributed by atoms with E-state index in [2.05, 4.69) is 26.9 Å². The zero-order valence-corrected chi connectivity index (χ0v) is 18.5. The fraction of sp³-hybridized carbons (Fsp3) is 0.304. The Morgan fingerprint density at radius 3 is 2.72 bits per heavy atom. The van der Waals surface area contributed by atoms with Gasteiger partial charge in [-0.25, -0.2) is 4.79 Å². The second kappa shape index (κ2) is 9.09. The highest BCUT2D eigenvalue weighted by Crippen LogP contribution is 2.38. The molecule has 1 atom stereocenters. The first kappa shape index (κ1) is 21.4. The molecule has 0 radical (unpaired) electrons. The van der Waals surface area contributed by atoms with Gasteiger partial charge in [0.1, 0.15) is 12.6 Å². The topological polar surface area (TPSA) is 100 Å². The highest BCUT2D eigenvalue weighted by atomic mass is 16.5. The van der Waals surface area contributed by atoms with E-state index < -0.39 is 12.0 Å². The minimum absolute atomic E-state index is 0.415. The van der Waals surface area contributed by atoms with Gasteiger partial charge in [0.05, 0.1) is 19.3 Å². The number of hydrogen-bond donors (Lipinski definition) is 1. The summed E-state index contributed by atoms with van der Waals surface area (Å²) in [5.74, 6) is 1.17. The molecule has 2 heterocycles. The van der Waals surface area contributed by atoms with Crippen molar-refractivity contribution in [2.24, 2.45) is 0 Å². The maximum absolute atomic E-state index is 12.6. The first-order valence-corrected chi connectivity index (χ1v) is 10.3. The number of rotatable bonds is 7. The van der Waals surface area contributed by atoms with E-state index in [9.17, 15) is 4.79 Å². The second-order valence-corrected chi connectivity index (χ2v) is 7.42. The van der Waals surface area contributed by atoms with Crippen LogP contribution in [-0.4, -0.2) is 39.9 Å². The van der Waals surface area contributed by atoms with Gasteiger partial charge in [-0.15, -0.1) is 0 Å². The van der Waals surface area contributed by atoms with Crippen LogP contribution in [0.3, 0.4) is 0 Å². The number of aryl methyl sites for hydroxylation is 1. The van der Waals surface area contributed by atoms with Gasteiger partial charge in [-0.3, -0.25) is 0 Å². The lowest BCUT2D eigenvalue weighted by Gasteiger charge is -2.27. The summed E-state index contributed by atoms with van der Waals surface area (Å²) in [6.45, 7) is 6.62. The summed E-state index contributed by atoms with van der Waals surface area (Å²) in [4.78, 5) is 12.6. The molecule has 0 amide bonds. The first-order valence-electron chi connectivity index (χ1n) is 10.3. The van der Waals surface area contributed by atoms with E-state index in [1.165, 1.54) is 12.7 Å². The number of carbonyl (C=O) groups excluding carboxylic acids is 1. The van der Waals surface area contributed by atoms with Crippen molar-refractivity contribution in [3.8, 4) is 11.5 Å². The number of benzene rings is 2. The number of methoxy groups -OCH3 is 1. The van der Waals surface area contributed by atoms with Gasteiger partial charge in [0.15, 0.2) is 11.5 Å². The standard InChI is InChI=1S/C23H25N5O4/c1-5-31-19-12-17(9-10-18(19)32-13-16-8-6-7-14(2)11-16)21-20(22(29)30-4)15(3)24-23-25-26-27-28(21)23/h6-12,21H,5,13H2,1-4H3,(H,24,25,27). The Balaban J connectivity index is 1.70. The van der Waals surface area contributed by atoms with Crippen LogP contribution in [0, 0.1) is 6.92 Å². The van der Waals surface area contributed by atoms with Crippen molar-refractivity contribution in [3.63, 3.8) is 0 Å². The number of hydrogen-bond acceptors (Lipinski definition) is 8. The number of allylic oxidation sites excluding steroid dienone is 1. The zero-order valence-electron chi connectivity index (χ0n) is 18.5. The average molecular weight is 435 g/mol. The molecule has 1 aromatic heterocycles.